The number of hydrogen-bond acceptors (Lipinski definition) is 6. The largest absolute Gasteiger partial charge is 0.497 e. The van der Waals surface area contributed by atoms with E-state index in [2.05, 4.69) is 25.9 Å². The Morgan fingerprint density at radius 3 is 2.35 bits per heavy atom. The highest BCUT2D eigenvalue weighted by atomic mass is 16.5. The maximum absolute atomic E-state index is 12.4. The highest BCUT2D eigenvalue weighted by Gasteiger charge is 2.08. The summed E-state index contributed by atoms with van der Waals surface area (Å²) < 4.78 is 6.92. The number of aryl methyl sites for hydroxylation is 2. The molecule has 2 heterocycles. The Kier molecular flexibility index (Phi) is 5.61. The number of aromatic nitrogens is 4. The van der Waals surface area contributed by atoms with Crippen molar-refractivity contribution in [1.29, 1.82) is 0 Å². The average Bonchev–Trinajstić information content (AvgIpc) is 3.13. The quantitative estimate of drug-likeness (QED) is 0.489. The molecule has 8 heteroatoms. The molecule has 0 bridgehead atoms. The summed E-state index contributed by atoms with van der Waals surface area (Å²) >= 11 is 0. The first kappa shape index (κ1) is 20.1. The molecule has 0 radical (unpaired) electrons. The number of benzene rings is 2. The van der Waals surface area contributed by atoms with E-state index >= 15 is 0 Å². The van der Waals surface area contributed by atoms with Gasteiger partial charge in [-0.25, -0.2) is 4.68 Å². The molecule has 4 aromatic rings. The monoisotopic (exact) mass is 414 g/mol. The zero-order valence-electron chi connectivity index (χ0n) is 17.5. The van der Waals surface area contributed by atoms with Crippen LogP contribution in [0.1, 0.15) is 21.7 Å². The Hall–Kier alpha value is -4.20. The van der Waals surface area contributed by atoms with Crippen LogP contribution in [0.3, 0.4) is 0 Å². The van der Waals surface area contributed by atoms with Crippen molar-refractivity contribution in [2.75, 3.05) is 17.7 Å². The molecule has 0 saturated heterocycles. The van der Waals surface area contributed by atoms with Crippen LogP contribution in [0, 0.1) is 13.8 Å². The van der Waals surface area contributed by atoms with Crippen molar-refractivity contribution in [3.63, 3.8) is 0 Å². The Bertz CT molecular complexity index is 1200. The second-order valence-corrected chi connectivity index (χ2v) is 7.00. The molecular formula is C23H22N6O2. The molecule has 0 saturated carbocycles. The molecule has 1 amide bonds. The lowest BCUT2D eigenvalue weighted by Crippen LogP contribution is -2.11. The summed E-state index contributed by atoms with van der Waals surface area (Å²) in [5.41, 5.74) is 3.97. The molecule has 0 aliphatic heterocycles. The molecule has 2 aromatic carbocycles. The number of carbonyl (C=O) groups is 1. The number of anilines is 3. The summed E-state index contributed by atoms with van der Waals surface area (Å²) in [4.78, 5) is 12.4. The van der Waals surface area contributed by atoms with E-state index in [1.54, 1.807) is 36.1 Å². The maximum Gasteiger partial charge on any atom is 0.255 e. The van der Waals surface area contributed by atoms with E-state index in [0.29, 0.717) is 28.6 Å². The number of nitrogens with zero attached hydrogens (tertiary/aromatic N) is 4. The van der Waals surface area contributed by atoms with Crippen LogP contribution in [0.25, 0.3) is 5.82 Å². The van der Waals surface area contributed by atoms with Gasteiger partial charge in [-0.15, -0.1) is 10.2 Å². The Morgan fingerprint density at radius 1 is 0.935 bits per heavy atom. The van der Waals surface area contributed by atoms with Crippen LogP contribution in [0.5, 0.6) is 5.75 Å². The first-order valence-electron chi connectivity index (χ1n) is 9.72. The van der Waals surface area contributed by atoms with E-state index in [1.807, 2.05) is 56.3 Å². The average molecular weight is 414 g/mol. The van der Waals surface area contributed by atoms with E-state index in [9.17, 15) is 4.79 Å². The molecule has 2 aromatic heterocycles. The SMILES string of the molecule is COc1cccc(C(=O)Nc2ccc(Nc3ccc(-n4nc(C)cc4C)nn3)cc2)c1. The summed E-state index contributed by atoms with van der Waals surface area (Å²) in [6.07, 6.45) is 0. The van der Waals surface area contributed by atoms with Crippen molar-refractivity contribution in [1.82, 2.24) is 20.0 Å². The molecule has 0 spiro atoms. The molecule has 0 fully saturated rings. The van der Waals surface area contributed by atoms with Gasteiger partial charge in [-0.3, -0.25) is 4.79 Å². The van der Waals surface area contributed by atoms with Gasteiger partial charge in [0.2, 0.25) is 0 Å². The number of amides is 1. The zero-order chi connectivity index (χ0) is 21.8. The normalized spacial score (nSPS) is 10.5. The standard InChI is InChI=1S/C23H22N6O2/c1-15-13-16(2)29(28-15)22-12-11-21(26-27-22)24-18-7-9-19(10-8-18)25-23(30)17-5-4-6-20(14-17)31-3/h4-14H,1-3H3,(H,24,26)(H,25,30). The third-order valence-electron chi connectivity index (χ3n) is 4.62. The van der Waals surface area contributed by atoms with Gasteiger partial charge in [0.05, 0.1) is 12.8 Å². The summed E-state index contributed by atoms with van der Waals surface area (Å²) in [5.74, 6) is 1.70. The van der Waals surface area contributed by atoms with Crippen LogP contribution in [-0.2, 0) is 0 Å². The second-order valence-electron chi connectivity index (χ2n) is 7.00. The van der Waals surface area contributed by atoms with Crippen molar-refractivity contribution in [3.05, 3.63) is 83.7 Å². The highest BCUT2D eigenvalue weighted by molar-refractivity contribution is 6.04. The van der Waals surface area contributed by atoms with Gasteiger partial charge in [0.15, 0.2) is 11.6 Å². The fraction of sp³-hybridized carbons (Fsp3) is 0.130. The first-order valence-corrected chi connectivity index (χ1v) is 9.72. The number of ether oxygens (including phenoxy) is 1. The summed E-state index contributed by atoms with van der Waals surface area (Å²) in [6, 6.07) is 20.1. The number of methoxy groups -OCH3 is 1. The minimum absolute atomic E-state index is 0.204. The van der Waals surface area contributed by atoms with Gasteiger partial charge in [-0.2, -0.15) is 5.10 Å². The lowest BCUT2D eigenvalue weighted by Gasteiger charge is -2.09. The summed E-state index contributed by atoms with van der Waals surface area (Å²) in [6.45, 7) is 3.91. The fourth-order valence-corrected chi connectivity index (χ4v) is 3.12. The predicted octanol–water partition coefficient (Wildman–Crippen LogP) is 4.28. The zero-order valence-corrected chi connectivity index (χ0v) is 17.5. The van der Waals surface area contributed by atoms with Gasteiger partial charge >= 0.3 is 0 Å². The third-order valence-corrected chi connectivity index (χ3v) is 4.62. The highest BCUT2D eigenvalue weighted by Crippen LogP contribution is 2.19. The van der Waals surface area contributed by atoms with E-state index in [4.69, 9.17) is 4.74 Å². The van der Waals surface area contributed by atoms with Crippen molar-refractivity contribution < 1.29 is 9.53 Å². The second kappa shape index (κ2) is 8.66. The summed E-state index contributed by atoms with van der Waals surface area (Å²) in [5, 5.41) is 19.0. The van der Waals surface area contributed by atoms with Gasteiger partial charge < -0.3 is 15.4 Å². The first-order chi connectivity index (χ1) is 15.0. The van der Waals surface area contributed by atoms with Crippen molar-refractivity contribution in [3.8, 4) is 11.6 Å². The van der Waals surface area contributed by atoms with Crippen LogP contribution in [0.2, 0.25) is 0 Å². The van der Waals surface area contributed by atoms with Crippen LogP contribution in [0.4, 0.5) is 17.2 Å². The van der Waals surface area contributed by atoms with Crippen LogP contribution < -0.4 is 15.4 Å². The van der Waals surface area contributed by atoms with E-state index < -0.39 is 0 Å². The molecule has 156 valence electrons. The molecule has 0 atom stereocenters. The van der Waals surface area contributed by atoms with Crippen LogP contribution in [0.15, 0.2) is 66.7 Å². The Morgan fingerprint density at radius 2 is 1.71 bits per heavy atom. The molecule has 31 heavy (non-hydrogen) atoms. The number of carbonyl (C=O) groups excluding carboxylic acids is 1. The molecule has 8 nitrogen and oxygen atoms in total. The predicted molar refractivity (Wildman–Crippen MR) is 119 cm³/mol. The fourth-order valence-electron chi connectivity index (χ4n) is 3.12. The van der Waals surface area contributed by atoms with Crippen LogP contribution in [-0.4, -0.2) is 33.0 Å². The number of rotatable bonds is 6. The molecule has 0 unspecified atom stereocenters. The smallest absolute Gasteiger partial charge is 0.255 e. The van der Waals surface area contributed by atoms with Crippen molar-refractivity contribution in [2.45, 2.75) is 13.8 Å². The molecule has 2 N–H and O–H groups in total. The minimum Gasteiger partial charge on any atom is -0.497 e. The lowest BCUT2D eigenvalue weighted by molar-refractivity contribution is 0.102. The van der Waals surface area contributed by atoms with Crippen molar-refractivity contribution in [2.24, 2.45) is 0 Å². The Labute approximate surface area is 179 Å². The summed E-state index contributed by atoms with van der Waals surface area (Å²) in [7, 11) is 1.57. The number of nitrogens with one attached hydrogen (secondary N) is 2. The van der Waals surface area contributed by atoms with Gasteiger partial charge in [0.25, 0.3) is 5.91 Å². The third kappa shape index (κ3) is 4.69. The number of hydrogen-bond donors (Lipinski definition) is 2. The maximum atomic E-state index is 12.4. The minimum atomic E-state index is -0.204. The van der Waals surface area contributed by atoms with Gasteiger partial charge in [-0.05, 0) is 74.5 Å². The van der Waals surface area contributed by atoms with Gasteiger partial charge in [-0.1, -0.05) is 6.07 Å². The van der Waals surface area contributed by atoms with E-state index in [0.717, 1.165) is 17.1 Å². The lowest BCUT2D eigenvalue weighted by atomic mass is 10.2. The molecular weight excluding hydrogens is 392 g/mol. The van der Waals surface area contributed by atoms with Gasteiger partial charge in [0, 0.05) is 22.6 Å². The molecule has 4 rings (SSSR count). The Balaban J connectivity index is 1.40. The van der Waals surface area contributed by atoms with Gasteiger partial charge in [0.1, 0.15) is 5.75 Å². The topological polar surface area (TPSA) is 94.0 Å². The van der Waals surface area contributed by atoms with Crippen molar-refractivity contribution >= 4 is 23.1 Å². The van der Waals surface area contributed by atoms with Crippen LogP contribution >= 0.6 is 0 Å². The molecule has 0 aliphatic carbocycles. The molecule has 0 aliphatic rings. The van der Waals surface area contributed by atoms with E-state index in [-0.39, 0.29) is 5.91 Å². The van der Waals surface area contributed by atoms with E-state index in [1.165, 1.54) is 0 Å².